The first-order valence-corrected chi connectivity index (χ1v) is 10.4. The Morgan fingerprint density at radius 3 is 2.47 bits per heavy atom. The lowest BCUT2D eigenvalue weighted by Crippen LogP contribution is -2.61. The van der Waals surface area contributed by atoms with Gasteiger partial charge in [0.1, 0.15) is 23.2 Å². The maximum Gasteiger partial charge on any atom is 0.451 e. The third kappa shape index (κ3) is 5.06. The first-order chi connectivity index (χ1) is 14.3. The summed E-state index contributed by atoms with van der Waals surface area (Å²) in [4.78, 5) is 25.9. The second kappa shape index (κ2) is 9.68. The molecule has 0 radical (unpaired) electrons. The molecule has 6 N–H and O–H groups in total. The van der Waals surface area contributed by atoms with Crippen LogP contribution in [0.1, 0.15) is 48.0 Å². The average Bonchev–Trinajstić information content (AvgIpc) is 2.68. The standard InChI is InChI=1S/C20H29BN2O7/c22-17(12-4-2-1-3-5-12)19(25)23-10-14(11-23)30-15-7-6-13(8-9-21(28)29)18(24)16(15)20(26)27/h6-7,12,14,17,24,28-29H,1-5,8-11,22H2,(H,26,27). The summed E-state index contributed by atoms with van der Waals surface area (Å²) in [5.41, 5.74) is 6.09. The van der Waals surface area contributed by atoms with Crippen molar-refractivity contribution < 1.29 is 34.6 Å². The molecule has 1 saturated carbocycles. The molecule has 1 amide bonds. The Labute approximate surface area is 175 Å². The number of carbonyl (C=O) groups excluding carboxylic acids is 1. The lowest BCUT2D eigenvalue weighted by atomic mass is 9.82. The molecule has 1 aliphatic heterocycles. The molecule has 1 saturated heterocycles. The van der Waals surface area contributed by atoms with Crippen LogP contribution in [0.15, 0.2) is 12.1 Å². The van der Waals surface area contributed by atoms with E-state index in [2.05, 4.69) is 0 Å². The van der Waals surface area contributed by atoms with Gasteiger partial charge in [0.25, 0.3) is 0 Å². The van der Waals surface area contributed by atoms with E-state index in [9.17, 15) is 19.8 Å². The molecular weight excluding hydrogens is 391 g/mol. The van der Waals surface area contributed by atoms with E-state index in [0.29, 0.717) is 13.1 Å². The molecule has 164 valence electrons. The fourth-order valence-electron chi connectivity index (χ4n) is 4.18. The Morgan fingerprint density at radius 2 is 1.87 bits per heavy atom. The van der Waals surface area contributed by atoms with Crippen LogP contribution in [0.25, 0.3) is 0 Å². The van der Waals surface area contributed by atoms with E-state index in [4.69, 9.17) is 20.5 Å². The Morgan fingerprint density at radius 1 is 1.20 bits per heavy atom. The molecule has 1 unspecified atom stereocenters. The second-order valence-corrected chi connectivity index (χ2v) is 8.18. The highest BCUT2D eigenvalue weighted by molar-refractivity contribution is 6.41. The van der Waals surface area contributed by atoms with E-state index in [1.54, 1.807) is 4.90 Å². The van der Waals surface area contributed by atoms with Crippen LogP contribution >= 0.6 is 0 Å². The van der Waals surface area contributed by atoms with Gasteiger partial charge in [0, 0.05) is 0 Å². The molecule has 10 heteroatoms. The van der Waals surface area contributed by atoms with Gasteiger partial charge in [-0.15, -0.1) is 0 Å². The molecular formula is C20H29BN2O7. The smallest absolute Gasteiger partial charge is 0.451 e. The highest BCUT2D eigenvalue weighted by atomic mass is 16.5. The van der Waals surface area contributed by atoms with Gasteiger partial charge >= 0.3 is 13.1 Å². The van der Waals surface area contributed by atoms with Crippen molar-refractivity contribution in [1.29, 1.82) is 0 Å². The number of nitrogens with two attached hydrogens (primary N) is 1. The zero-order valence-corrected chi connectivity index (χ0v) is 16.9. The minimum Gasteiger partial charge on any atom is -0.507 e. The Bertz CT molecular complexity index is 777. The van der Waals surface area contributed by atoms with Crippen LogP contribution in [-0.4, -0.2) is 69.4 Å². The fourth-order valence-corrected chi connectivity index (χ4v) is 4.18. The summed E-state index contributed by atoms with van der Waals surface area (Å²) in [6, 6.07) is 2.44. The molecule has 1 aliphatic carbocycles. The van der Waals surface area contributed by atoms with Crippen LogP contribution in [-0.2, 0) is 11.2 Å². The zero-order valence-electron chi connectivity index (χ0n) is 16.9. The SMILES string of the molecule is NC(C(=O)N1CC(Oc2ccc(CCB(O)O)c(O)c2C(=O)O)C1)C1CCCCC1. The normalized spacial score (nSPS) is 18.6. The van der Waals surface area contributed by atoms with Crippen molar-refractivity contribution in [3.8, 4) is 11.5 Å². The highest BCUT2D eigenvalue weighted by Gasteiger charge is 2.38. The van der Waals surface area contributed by atoms with Crippen molar-refractivity contribution in [2.45, 2.75) is 57.0 Å². The van der Waals surface area contributed by atoms with Gasteiger partial charge in [-0.05, 0) is 43.1 Å². The number of hydrogen-bond donors (Lipinski definition) is 5. The lowest BCUT2D eigenvalue weighted by molar-refractivity contribution is -0.143. The minimum atomic E-state index is -1.55. The van der Waals surface area contributed by atoms with Crippen LogP contribution < -0.4 is 10.5 Å². The summed E-state index contributed by atoms with van der Waals surface area (Å²) >= 11 is 0. The number of aryl methyl sites for hydroxylation is 1. The van der Waals surface area contributed by atoms with Crippen LogP contribution in [0.4, 0.5) is 0 Å². The molecule has 1 atom stereocenters. The molecule has 0 bridgehead atoms. The first kappa shape index (κ1) is 22.4. The van der Waals surface area contributed by atoms with Gasteiger partial charge < -0.3 is 35.6 Å². The number of phenols is 1. The number of carbonyl (C=O) groups is 2. The summed E-state index contributed by atoms with van der Waals surface area (Å²) < 4.78 is 5.74. The number of likely N-dealkylation sites (tertiary alicyclic amines) is 1. The van der Waals surface area contributed by atoms with E-state index in [-0.39, 0.29) is 47.5 Å². The molecule has 2 aliphatic rings. The second-order valence-electron chi connectivity index (χ2n) is 8.18. The zero-order chi connectivity index (χ0) is 21.8. The van der Waals surface area contributed by atoms with Gasteiger partial charge in [0.15, 0.2) is 0 Å². The van der Waals surface area contributed by atoms with Crippen molar-refractivity contribution in [3.05, 3.63) is 23.3 Å². The largest absolute Gasteiger partial charge is 0.507 e. The summed E-state index contributed by atoms with van der Waals surface area (Å²) in [5.74, 6) is -1.66. The summed E-state index contributed by atoms with van der Waals surface area (Å²) in [5, 5.41) is 37.8. The summed E-state index contributed by atoms with van der Waals surface area (Å²) in [6.45, 7) is 0.634. The molecule has 3 rings (SSSR count). The van der Waals surface area contributed by atoms with E-state index < -0.39 is 24.9 Å². The predicted molar refractivity (Wildman–Crippen MR) is 109 cm³/mol. The van der Waals surface area contributed by atoms with Crippen LogP contribution in [0.2, 0.25) is 6.32 Å². The number of ether oxygens (including phenoxy) is 1. The number of carboxylic acids is 1. The summed E-state index contributed by atoms with van der Waals surface area (Å²) in [6.07, 6.45) is 5.04. The van der Waals surface area contributed by atoms with Crippen LogP contribution in [0.3, 0.4) is 0 Å². The Balaban J connectivity index is 1.60. The van der Waals surface area contributed by atoms with Crippen molar-refractivity contribution in [2.75, 3.05) is 13.1 Å². The molecule has 30 heavy (non-hydrogen) atoms. The highest BCUT2D eigenvalue weighted by Crippen LogP contribution is 2.34. The summed E-state index contributed by atoms with van der Waals surface area (Å²) in [7, 11) is -1.55. The molecule has 1 aromatic carbocycles. The van der Waals surface area contributed by atoms with Crippen molar-refractivity contribution >= 4 is 19.0 Å². The average molecular weight is 420 g/mol. The number of nitrogens with zero attached hydrogens (tertiary/aromatic N) is 1. The Hall–Kier alpha value is -2.30. The van der Waals surface area contributed by atoms with Crippen molar-refractivity contribution in [3.63, 3.8) is 0 Å². The number of hydrogen-bond acceptors (Lipinski definition) is 7. The quantitative estimate of drug-likeness (QED) is 0.383. The van der Waals surface area contributed by atoms with Gasteiger partial charge in [-0.2, -0.15) is 0 Å². The van der Waals surface area contributed by atoms with Gasteiger partial charge in [-0.1, -0.05) is 25.3 Å². The molecule has 9 nitrogen and oxygen atoms in total. The van der Waals surface area contributed by atoms with Gasteiger partial charge in [0.05, 0.1) is 19.1 Å². The van der Waals surface area contributed by atoms with Gasteiger partial charge in [0.2, 0.25) is 5.91 Å². The third-order valence-corrected chi connectivity index (χ3v) is 6.01. The van der Waals surface area contributed by atoms with Crippen molar-refractivity contribution in [2.24, 2.45) is 11.7 Å². The number of aromatic hydroxyl groups is 1. The van der Waals surface area contributed by atoms with Gasteiger partial charge in [-0.3, -0.25) is 4.79 Å². The van der Waals surface area contributed by atoms with Crippen LogP contribution in [0, 0.1) is 5.92 Å². The molecule has 0 spiro atoms. The fraction of sp³-hybridized carbons (Fsp3) is 0.600. The van der Waals surface area contributed by atoms with Crippen LogP contribution in [0.5, 0.6) is 11.5 Å². The van der Waals surface area contributed by atoms with E-state index >= 15 is 0 Å². The maximum absolute atomic E-state index is 12.6. The molecule has 0 aromatic heterocycles. The molecule has 2 fully saturated rings. The number of benzene rings is 1. The third-order valence-electron chi connectivity index (χ3n) is 6.01. The van der Waals surface area contributed by atoms with E-state index in [1.165, 1.54) is 18.6 Å². The number of amides is 1. The molecule has 1 heterocycles. The number of carboxylic acid groups (broad SMARTS) is 1. The lowest BCUT2D eigenvalue weighted by Gasteiger charge is -2.41. The van der Waals surface area contributed by atoms with E-state index in [1.807, 2.05) is 0 Å². The first-order valence-electron chi connectivity index (χ1n) is 10.4. The van der Waals surface area contributed by atoms with Crippen molar-refractivity contribution in [1.82, 2.24) is 4.90 Å². The number of aromatic carboxylic acids is 1. The van der Waals surface area contributed by atoms with Gasteiger partial charge in [-0.25, -0.2) is 4.79 Å². The van der Waals surface area contributed by atoms with E-state index in [0.717, 1.165) is 25.7 Å². The number of rotatable bonds is 8. The Kier molecular flexibility index (Phi) is 7.22. The topological polar surface area (TPSA) is 154 Å². The molecule has 1 aromatic rings. The predicted octanol–water partition coefficient (Wildman–Crippen LogP) is 0.603. The monoisotopic (exact) mass is 420 g/mol. The maximum atomic E-state index is 12.6. The minimum absolute atomic E-state index is 0.0157.